The highest BCUT2D eigenvalue weighted by molar-refractivity contribution is 5.19. The normalized spacial score (nSPS) is 12.2. The first-order valence-electron chi connectivity index (χ1n) is 4.00. The van der Waals surface area contributed by atoms with Crippen molar-refractivity contribution in [3.8, 4) is 0 Å². The van der Waals surface area contributed by atoms with Crippen LogP contribution in [0.4, 0.5) is 0 Å². The molecule has 2 heteroatoms. The lowest BCUT2D eigenvalue weighted by Gasteiger charge is -2.06. The minimum absolute atomic E-state index is 0.0244. The van der Waals surface area contributed by atoms with Crippen LogP contribution in [0.15, 0.2) is 36.2 Å². The fourth-order valence-electron chi connectivity index (χ4n) is 1.03. The molecular formula is C10H14N2. The lowest BCUT2D eigenvalue weighted by Crippen LogP contribution is -2.07. The Morgan fingerprint density at radius 3 is 2.83 bits per heavy atom. The highest BCUT2D eigenvalue weighted by Crippen LogP contribution is 2.10. The van der Waals surface area contributed by atoms with Gasteiger partial charge in [0.1, 0.15) is 0 Å². The topological polar surface area (TPSA) is 38.9 Å². The van der Waals surface area contributed by atoms with Gasteiger partial charge < -0.3 is 5.73 Å². The van der Waals surface area contributed by atoms with Gasteiger partial charge in [0.15, 0.2) is 0 Å². The lowest BCUT2D eigenvalue weighted by molar-refractivity contribution is 0.890. The van der Waals surface area contributed by atoms with Crippen molar-refractivity contribution in [3.63, 3.8) is 0 Å². The quantitative estimate of drug-likeness (QED) is 0.676. The molecule has 0 saturated carbocycles. The van der Waals surface area contributed by atoms with Crippen LogP contribution in [0.5, 0.6) is 0 Å². The summed E-state index contributed by atoms with van der Waals surface area (Å²) in [6, 6.07) is 3.86. The molecule has 0 amide bonds. The number of pyridine rings is 1. The van der Waals surface area contributed by atoms with Gasteiger partial charge in [-0.3, -0.25) is 4.98 Å². The molecule has 1 unspecified atom stereocenters. The van der Waals surface area contributed by atoms with Crippen LogP contribution >= 0.6 is 0 Å². The summed E-state index contributed by atoms with van der Waals surface area (Å²) in [7, 11) is 0. The van der Waals surface area contributed by atoms with Gasteiger partial charge >= 0.3 is 0 Å². The Labute approximate surface area is 73.1 Å². The number of nitrogens with two attached hydrogens (primary N) is 1. The van der Waals surface area contributed by atoms with Crippen molar-refractivity contribution in [2.75, 3.05) is 0 Å². The zero-order chi connectivity index (χ0) is 8.97. The highest BCUT2D eigenvalue weighted by atomic mass is 14.7. The Balaban J connectivity index is 2.79. The second kappa shape index (κ2) is 4.02. The monoisotopic (exact) mass is 162 g/mol. The van der Waals surface area contributed by atoms with Crippen molar-refractivity contribution in [1.82, 2.24) is 4.98 Å². The zero-order valence-corrected chi connectivity index (χ0v) is 7.49. The predicted molar refractivity (Wildman–Crippen MR) is 50.6 cm³/mol. The lowest BCUT2D eigenvalue weighted by atomic mass is 10.1. The summed E-state index contributed by atoms with van der Waals surface area (Å²) in [5.41, 5.74) is 8.16. The standard InChI is InChI=1S/C10H14N2/c1-8(2)6-10(11)9-4-3-5-12-7-9/h3-7,10H,11H2,1-2H3. The molecule has 2 nitrogen and oxygen atoms in total. The maximum absolute atomic E-state index is 5.88. The van der Waals surface area contributed by atoms with E-state index in [4.69, 9.17) is 5.73 Å². The minimum atomic E-state index is -0.0244. The van der Waals surface area contributed by atoms with Crippen LogP contribution in [-0.4, -0.2) is 4.98 Å². The number of allylic oxidation sites excluding steroid dienone is 1. The maximum atomic E-state index is 5.88. The Kier molecular flexibility index (Phi) is 3.00. The van der Waals surface area contributed by atoms with Crippen molar-refractivity contribution >= 4 is 0 Å². The molecular weight excluding hydrogens is 148 g/mol. The molecule has 0 spiro atoms. The first kappa shape index (κ1) is 8.94. The first-order chi connectivity index (χ1) is 5.70. The van der Waals surface area contributed by atoms with Gasteiger partial charge in [-0.1, -0.05) is 17.7 Å². The van der Waals surface area contributed by atoms with Crippen LogP contribution in [0.3, 0.4) is 0 Å². The summed E-state index contributed by atoms with van der Waals surface area (Å²) >= 11 is 0. The minimum Gasteiger partial charge on any atom is -0.321 e. The van der Waals surface area contributed by atoms with Gasteiger partial charge in [-0.25, -0.2) is 0 Å². The van der Waals surface area contributed by atoms with E-state index < -0.39 is 0 Å². The summed E-state index contributed by atoms with van der Waals surface area (Å²) in [6.07, 6.45) is 5.57. The molecule has 0 radical (unpaired) electrons. The third kappa shape index (κ3) is 2.47. The summed E-state index contributed by atoms with van der Waals surface area (Å²) in [6.45, 7) is 4.08. The van der Waals surface area contributed by atoms with Crippen molar-refractivity contribution in [1.29, 1.82) is 0 Å². The molecule has 12 heavy (non-hydrogen) atoms. The molecule has 0 fully saturated rings. The van der Waals surface area contributed by atoms with E-state index in [1.807, 2.05) is 32.1 Å². The van der Waals surface area contributed by atoms with E-state index in [1.165, 1.54) is 5.57 Å². The molecule has 1 atom stereocenters. The van der Waals surface area contributed by atoms with Crippen molar-refractivity contribution < 1.29 is 0 Å². The fraction of sp³-hybridized carbons (Fsp3) is 0.300. The number of rotatable bonds is 2. The molecule has 64 valence electrons. The molecule has 0 aliphatic heterocycles. The van der Waals surface area contributed by atoms with Crippen LogP contribution < -0.4 is 5.73 Å². The van der Waals surface area contributed by atoms with Crippen LogP contribution in [-0.2, 0) is 0 Å². The average Bonchev–Trinajstić information content (AvgIpc) is 2.05. The van der Waals surface area contributed by atoms with E-state index in [0.717, 1.165) is 5.56 Å². The van der Waals surface area contributed by atoms with Gasteiger partial charge in [0.05, 0.1) is 0 Å². The number of aromatic nitrogens is 1. The van der Waals surface area contributed by atoms with E-state index in [1.54, 1.807) is 12.4 Å². The molecule has 0 saturated heterocycles. The first-order valence-corrected chi connectivity index (χ1v) is 4.00. The fourth-order valence-corrected chi connectivity index (χ4v) is 1.03. The zero-order valence-electron chi connectivity index (χ0n) is 7.49. The highest BCUT2D eigenvalue weighted by Gasteiger charge is 2.00. The smallest absolute Gasteiger partial charge is 0.0498 e. The van der Waals surface area contributed by atoms with Gasteiger partial charge in [-0.2, -0.15) is 0 Å². The van der Waals surface area contributed by atoms with Crippen molar-refractivity contribution in [2.45, 2.75) is 19.9 Å². The van der Waals surface area contributed by atoms with E-state index in [9.17, 15) is 0 Å². The van der Waals surface area contributed by atoms with Gasteiger partial charge in [0.25, 0.3) is 0 Å². The molecule has 0 bridgehead atoms. The Hall–Kier alpha value is -1.15. The number of hydrogen-bond acceptors (Lipinski definition) is 2. The summed E-state index contributed by atoms with van der Waals surface area (Å²) in [5, 5.41) is 0. The maximum Gasteiger partial charge on any atom is 0.0498 e. The second-order valence-electron chi connectivity index (χ2n) is 3.06. The van der Waals surface area contributed by atoms with Crippen molar-refractivity contribution in [2.24, 2.45) is 5.73 Å². The Bertz CT molecular complexity index is 260. The van der Waals surface area contributed by atoms with E-state index in [0.29, 0.717) is 0 Å². The predicted octanol–water partition coefficient (Wildman–Crippen LogP) is 2.05. The van der Waals surface area contributed by atoms with Crippen LogP contribution in [0.2, 0.25) is 0 Å². The summed E-state index contributed by atoms with van der Waals surface area (Å²) in [4.78, 5) is 4.00. The third-order valence-corrected chi connectivity index (χ3v) is 1.58. The van der Waals surface area contributed by atoms with E-state index >= 15 is 0 Å². The Morgan fingerprint density at radius 2 is 2.33 bits per heavy atom. The molecule has 1 aromatic rings. The molecule has 1 aromatic heterocycles. The molecule has 1 rings (SSSR count). The molecule has 1 heterocycles. The summed E-state index contributed by atoms with van der Waals surface area (Å²) < 4.78 is 0. The van der Waals surface area contributed by atoms with Crippen LogP contribution in [0.1, 0.15) is 25.5 Å². The average molecular weight is 162 g/mol. The van der Waals surface area contributed by atoms with Gasteiger partial charge in [-0.15, -0.1) is 0 Å². The van der Waals surface area contributed by atoms with Crippen LogP contribution in [0.25, 0.3) is 0 Å². The van der Waals surface area contributed by atoms with Gasteiger partial charge in [-0.05, 0) is 25.5 Å². The largest absolute Gasteiger partial charge is 0.321 e. The summed E-state index contributed by atoms with van der Waals surface area (Å²) in [5.74, 6) is 0. The van der Waals surface area contributed by atoms with Gasteiger partial charge in [0.2, 0.25) is 0 Å². The SMILES string of the molecule is CC(C)=CC(N)c1cccnc1. The molecule has 0 aliphatic carbocycles. The number of nitrogens with zero attached hydrogens (tertiary/aromatic N) is 1. The molecule has 0 aliphatic rings. The van der Waals surface area contributed by atoms with Gasteiger partial charge in [0, 0.05) is 18.4 Å². The van der Waals surface area contributed by atoms with E-state index in [2.05, 4.69) is 4.98 Å². The molecule has 2 N–H and O–H groups in total. The Morgan fingerprint density at radius 1 is 1.58 bits per heavy atom. The van der Waals surface area contributed by atoms with Crippen molar-refractivity contribution in [3.05, 3.63) is 41.7 Å². The van der Waals surface area contributed by atoms with E-state index in [-0.39, 0.29) is 6.04 Å². The third-order valence-electron chi connectivity index (χ3n) is 1.58. The van der Waals surface area contributed by atoms with Crippen LogP contribution in [0, 0.1) is 0 Å². The second-order valence-corrected chi connectivity index (χ2v) is 3.06. The molecule has 0 aromatic carbocycles. The number of hydrogen-bond donors (Lipinski definition) is 1.